The summed E-state index contributed by atoms with van der Waals surface area (Å²) in [4.78, 5) is 16.0. The smallest absolute Gasteiger partial charge is 0.246 e. The van der Waals surface area contributed by atoms with E-state index in [4.69, 9.17) is 9.47 Å². The molecule has 46 heavy (non-hydrogen) atoms. The number of amides is 1. The number of nitrogens with zero attached hydrogens (tertiary/aromatic N) is 2. The number of hydrogen-bond acceptors (Lipinski definition) is 6. The predicted molar refractivity (Wildman–Crippen MR) is 183 cm³/mol. The van der Waals surface area contributed by atoms with Gasteiger partial charge in [-0.15, -0.1) is 0 Å². The largest absolute Gasteiger partial charge is 0.497 e. The van der Waals surface area contributed by atoms with Crippen LogP contribution in [0.4, 0.5) is 0 Å². The molecule has 1 N–H and O–H groups in total. The molecule has 2 heterocycles. The number of piperidine rings is 2. The van der Waals surface area contributed by atoms with Crippen molar-refractivity contribution in [2.45, 2.75) is 101 Å². The Hall–Kier alpha value is -2.46. The van der Waals surface area contributed by atoms with Gasteiger partial charge in [0.05, 0.1) is 18.6 Å². The number of sulfonamides is 1. The molecule has 1 amide bonds. The Morgan fingerprint density at radius 3 is 2.30 bits per heavy atom. The van der Waals surface area contributed by atoms with E-state index in [1.807, 2.05) is 13.8 Å². The van der Waals surface area contributed by atoms with Gasteiger partial charge in [-0.25, -0.2) is 8.42 Å². The summed E-state index contributed by atoms with van der Waals surface area (Å²) in [6.07, 6.45) is 12.3. The standard InChI is InChI=1S/C37H55N3O5S/c1-28-23-34(44-3)24-29(2)37(28)46(42,43)40-22-10-13-31(25-40)26-45-27-36(41)38-33-17-15-32(16-18-33)35(39-20-8-5-9-21-39)19-14-30-11-6-4-7-12-30/h4,6-7,11-12,23-24,31-33,35H,5,8-10,13-22,25-27H2,1-3H3,(H,38,41). The van der Waals surface area contributed by atoms with Crippen molar-refractivity contribution in [1.29, 1.82) is 0 Å². The molecule has 3 aliphatic rings. The fourth-order valence-corrected chi connectivity index (χ4v) is 10.1. The van der Waals surface area contributed by atoms with E-state index < -0.39 is 10.0 Å². The molecule has 2 unspecified atom stereocenters. The molecule has 2 saturated heterocycles. The summed E-state index contributed by atoms with van der Waals surface area (Å²) in [5.41, 5.74) is 2.81. The molecule has 2 atom stereocenters. The summed E-state index contributed by atoms with van der Waals surface area (Å²) in [5.74, 6) is 1.34. The Bertz CT molecular complexity index is 1350. The molecule has 0 bridgehead atoms. The number of methoxy groups -OCH3 is 1. The monoisotopic (exact) mass is 653 g/mol. The SMILES string of the molecule is COc1cc(C)c(S(=O)(=O)N2CCCC(COCC(=O)NC3CCC(C(CCc4ccccc4)N4CCCCC4)CC3)C2)c(C)c1. The van der Waals surface area contributed by atoms with Crippen LogP contribution in [0.5, 0.6) is 5.75 Å². The highest BCUT2D eigenvalue weighted by molar-refractivity contribution is 7.89. The second-order valence-corrected chi connectivity index (χ2v) is 15.7. The van der Waals surface area contributed by atoms with E-state index in [-0.39, 0.29) is 24.5 Å². The molecule has 2 aliphatic heterocycles. The van der Waals surface area contributed by atoms with Crippen LogP contribution in [0.25, 0.3) is 0 Å². The zero-order chi connectivity index (χ0) is 32.5. The Balaban J connectivity index is 1.06. The topological polar surface area (TPSA) is 88.2 Å². The zero-order valence-electron chi connectivity index (χ0n) is 28.2. The highest BCUT2D eigenvalue weighted by Crippen LogP contribution is 2.34. The van der Waals surface area contributed by atoms with Crippen LogP contribution < -0.4 is 10.1 Å². The molecule has 5 rings (SSSR count). The van der Waals surface area contributed by atoms with Crippen molar-refractivity contribution < 1.29 is 22.7 Å². The minimum Gasteiger partial charge on any atom is -0.497 e. The van der Waals surface area contributed by atoms with Gasteiger partial charge in [-0.2, -0.15) is 4.31 Å². The Labute approximate surface area is 277 Å². The van der Waals surface area contributed by atoms with Crippen LogP contribution in [0.2, 0.25) is 0 Å². The van der Waals surface area contributed by atoms with Gasteiger partial charge in [0.25, 0.3) is 0 Å². The number of rotatable bonds is 13. The molecule has 1 saturated carbocycles. The number of benzene rings is 2. The average molecular weight is 654 g/mol. The van der Waals surface area contributed by atoms with Crippen molar-refractivity contribution in [2.24, 2.45) is 11.8 Å². The number of nitrogens with one attached hydrogen (secondary N) is 1. The van der Waals surface area contributed by atoms with Crippen molar-refractivity contribution >= 4 is 15.9 Å². The van der Waals surface area contributed by atoms with Crippen LogP contribution in [0, 0.1) is 25.7 Å². The quantitative estimate of drug-likeness (QED) is 0.290. The highest BCUT2D eigenvalue weighted by Gasteiger charge is 2.34. The first kappa shape index (κ1) is 34.9. The van der Waals surface area contributed by atoms with Gasteiger partial charge in [-0.3, -0.25) is 4.79 Å². The van der Waals surface area contributed by atoms with Gasteiger partial charge in [0.1, 0.15) is 12.4 Å². The molecule has 3 fully saturated rings. The van der Waals surface area contributed by atoms with Crippen LogP contribution >= 0.6 is 0 Å². The Morgan fingerprint density at radius 1 is 0.935 bits per heavy atom. The van der Waals surface area contributed by atoms with E-state index in [0.29, 0.717) is 53.4 Å². The van der Waals surface area contributed by atoms with E-state index in [0.717, 1.165) is 44.9 Å². The van der Waals surface area contributed by atoms with Gasteiger partial charge in [0.15, 0.2) is 0 Å². The number of hydrogen-bond donors (Lipinski definition) is 1. The first-order valence-corrected chi connectivity index (χ1v) is 19.0. The molecular formula is C37H55N3O5S. The summed E-state index contributed by atoms with van der Waals surface area (Å²) in [5, 5.41) is 3.24. The van der Waals surface area contributed by atoms with E-state index in [2.05, 4.69) is 40.5 Å². The maximum atomic E-state index is 13.6. The molecule has 254 valence electrons. The number of likely N-dealkylation sites (tertiary alicyclic amines) is 1. The van der Waals surface area contributed by atoms with Gasteiger partial charge in [0.2, 0.25) is 15.9 Å². The second-order valence-electron chi connectivity index (χ2n) is 13.8. The van der Waals surface area contributed by atoms with Crippen molar-refractivity contribution in [2.75, 3.05) is 46.5 Å². The van der Waals surface area contributed by atoms with Gasteiger partial charge in [-0.1, -0.05) is 36.8 Å². The zero-order valence-corrected chi connectivity index (χ0v) is 29.0. The van der Waals surface area contributed by atoms with E-state index in [9.17, 15) is 13.2 Å². The Morgan fingerprint density at radius 2 is 1.63 bits per heavy atom. The molecule has 9 heteroatoms. The fraction of sp³-hybridized carbons (Fsp3) is 0.649. The molecule has 8 nitrogen and oxygen atoms in total. The summed E-state index contributed by atoms with van der Waals surface area (Å²) in [6, 6.07) is 15.2. The number of aryl methyl sites for hydroxylation is 3. The maximum Gasteiger partial charge on any atom is 0.246 e. The van der Waals surface area contributed by atoms with Crippen molar-refractivity contribution in [3.05, 3.63) is 59.2 Å². The number of ether oxygens (including phenoxy) is 2. The van der Waals surface area contributed by atoms with Gasteiger partial charge >= 0.3 is 0 Å². The molecular weight excluding hydrogens is 598 g/mol. The van der Waals surface area contributed by atoms with E-state index >= 15 is 0 Å². The fourth-order valence-electron chi connectivity index (χ4n) is 8.11. The van der Waals surface area contributed by atoms with Crippen LogP contribution in [0.1, 0.15) is 80.9 Å². The summed E-state index contributed by atoms with van der Waals surface area (Å²) >= 11 is 0. The third-order valence-electron chi connectivity index (χ3n) is 10.4. The van der Waals surface area contributed by atoms with Crippen molar-refractivity contribution in [1.82, 2.24) is 14.5 Å². The molecule has 0 radical (unpaired) electrons. The molecule has 0 spiro atoms. The molecule has 0 aromatic heterocycles. The average Bonchev–Trinajstić information content (AvgIpc) is 3.06. The maximum absolute atomic E-state index is 13.6. The molecule has 2 aromatic rings. The second kappa shape index (κ2) is 16.6. The lowest BCUT2D eigenvalue weighted by atomic mass is 9.78. The van der Waals surface area contributed by atoms with Crippen LogP contribution in [-0.2, 0) is 26.0 Å². The summed E-state index contributed by atoms with van der Waals surface area (Å²) < 4.78 is 40.0. The third kappa shape index (κ3) is 9.12. The lowest BCUT2D eigenvalue weighted by molar-refractivity contribution is -0.127. The Kier molecular flexibility index (Phi) is 12.6. The van der Waals surface area contributed by atoms with E-state index in [1.54, 1.807) is 23.5 Å². The lowest BCUT2D eigenvalue weighted by Gasteiger charge is -2.42. The van der Waals surface area contributed by atoms with Crippen molar-refractivity contribution in [3.8, 4) is 5.75 Å². The predicted octanol–water partition coefficient (Wildman–Crippen LogP) is 5.89. The number of carbonyl (C=O) groups excluding carboxylic acids is 1. The normalized spacial score (nSPS) is 23.9. The molecule has 2 aromatic carbocycles. The summed E-state index contributed by atoms with van der Waals surface area (Å²) in [6.45, 7) is 7.38. The van der Waals surface area contributed by atoms with Crippen LogP contribution in [-0.4, -0.2) is 82.1 Å². The minimum absolute atomic E-state index is 0.0212. The molecule has 1 aliphatic carbocycles. The van der Waals surface area contributed by atoms with Crippen LogP contribution in [0.15, 0.2) is 47.4 Å². The number of carbonyl (C=O) groups is 1. The first-order chi connectivity index (χ1) is 22.2. The lowest BCUT2D eigenvalue weighted by Crippen LogP contribution is -2.47. The van der Waals surface area contributed by atoms with Gasteiger partial charge in [0, 0.05) is 25.2 Å². The van der Waals surface area contributed by atoms with Crippen LogP contribution in [0.3, 0.4) is 0 Å². The highest BCUT2D eigenvalue weighted by atomic mass is 32.2. The van der Waals surface area contributed by atoms with Gasteiger partial charge in [-0.05, 0) is 132 Å². The first-order valence-electron chi connectivity index (χ1n) is 17.5. The minimum atomic E-state index is -3.64. The van der Waals surface area contributed by atoms with Crippen molar-refractivity contribution in [3.63, 3.8) is 0 Å². The third-order valence-corrected chi connectivity index (χ3v) is 12.6. The van der Waals surface area contributed by atoms with E-state index in [1.165, 1.54) is 44.3 Å². The summed E-state index contributed by atoms with van der Waals surface area (Å²) in [7, 11) is -2.05. The van der Waals surface area contributed by atoms with Gasteiger partial charge < -0.3 is 19.7 Å².